The third kappa shape index (κ3) is 3.75. The Morgan fingerprint density at radius 1 is 1.17 bits per heavy atom. The average molecular weight is 391 g/mol. The van der Waals surface area contributed by atoms with Crippen molar-refractivity contribution >= 4 is 17.4 Å². The highest BCUT2D eigenvalue weighted by Crippen LogP contribution is 2.46. The van der Waals surface area contributed by atoms with Crippen LogP contribution in [0, 0.1) is 13.8 Å². The first-order chi connectivity index (χ1) is 13.9. The number of primary amides is 1. The molecule has 0 aliphatic carbocycles. The van der Waals surface area contributed by atoms with Crippen molar-refractivity contribution in [3.8, 4) is 0 Å². The molecule has 5 nitrogen and oxygen atoms in total. The average Bonchev–Trinajstić information content (AvgIpc) is 3.28. The number of anilines is 1. The molecule has 152 valence electrons. The van der Waals surface area contributed by atoms with Crippen LogP contribution in [0.15, 0.2) is 49.0 Å². The van der Waals surface area contributed by atoms with Gasteiger partial charge in [0.25, 0.3) is 0 Å². The number of fused-ring (bicyclic) bond motifs is 2. The Balaban J connectivity index is 1.70. The first-order valence-electron chi connectivity index (χ1n) is 10.3. The molecule has 1 atom stereocenters. The molecule has 0 aromatic heterocycles. The summed E-state index contributed by atoms with van der Waals surface area (Å²) >= 11 is 0. The molecule has 5 heteroatoms. The fourth-order valence-corrected chi connectivity index (χ4v) is 5.22. The quantitative estimate of drug-likeness (QED) is 0.591. The second kappa shape index (κ2) is 7.56. The van der Waals surface area contributed by atoms with Crippen LogP contribution in [-0.4, -0.2) is 17.6 Å². The van der Waals surface area contributed by atoms with Crippen molar-refractivity contribution in [2.45, 2.75) is 57.2 Å². The van der Waals surface area contributed by atoms with Gasteiger partial charge in [-0.1, -0.05) is 36.9 Å². The van der Waals surface area contributed by atoms with E-state index in [0.717, 1.165) is 24.1 Å². The number of rotatable bonds is 6. The minimum Gasteiger partial charge on any atom is -0.376 e. The van der Waals surface area contributed by atoms with Crippen molar-refractivity contribution in [3.05, 3.63) is 71.3 Å². The molecule has 2 aromatic rings. The summed E-state index contributed by atoms with van der Waals surface area (Å²) in [4.78, 5) is 11.3. The van der Waals surface area contributed by atoms with Crippen LogP contribution in [0.1, 0.15) is 54.0 Å². The lowest BCUT2D eigenvalue weighted by molar-refractivity contribution is 0.259. The highest BCUT2D eigenvalue weighted by Gasteiger charge is 2.50. The second-order valence-corrected chi connectivity index (χ2v) is 8.51. The van der Waals surface area contributed by atoms with Gasteiger partial charge in [0.1, 0.15) is 0 Å². The molecule has 2 aliphatic heterocycles. The fourth-order valence-electron chi connectivity index (χ4n) is 5.22. The number of carbonyl (C=O) groups is 1. The minimum absolute atomic E-state index is 0.00442. The van der Waals surface area contributed by atoms with E-state index in [2.05, 4.69) is 60.6 Å². The van der Waals surface area contributed by atoms with Crippen LogP contribution in [-0.2, 0) is 0 Å². The standard InChI is InChI=1S/C24H30N4O/c1-15-6-4-7-16(2)21(15)17(3)26-22(24-12-10-19(28-24)11-13-24)18-8-5-9-20(14-18)27-23(25)29/h4-9,14,19,22,26,28H,3,10-13H2,1-2H3,(H3,25,27,29). The van der Waals surface area contributed by atoms with Gasteiger partial charge in [-0.15, -0.1) is 0 Å². The Kier molecular flexibility index (Phi) is 5.09. The number of carbonyl (C=O) groups excluding carboxylic acids is 1. The Morgan fingerprint density at radius 2 is 1.83 bits per heavy atom. The SMILES string of the molecule is C=C(NC(c1cccc(NC(N)=O)c1)C12CCC(CC1)N2)c1c(C)cccc1C. The highest BCUT2D eigenvalue weighted by molar-refractivity contribution is 5.87. The fraction of sp³-hybridized carbons (Fsp3) is 0.375. The maximum Gasteiger partial charge on any atom is 0.316 e. The van der Waals surface area contributed by atoms with Crippen molar-refractivity contribution < 1.29 is 4.79 Å². The van der Waals surface area contributed by atoms with Gasteiger partial charge in [-0.2, -0.15) is 0 Å². The van der Waals surface area contributed by atoms with Gasteiger partial charge < -0.3 is 21.7 Å². The number of benzene rings is 2. The van der Waals surface area contributed by atoms with Gasteiger partial charge in [-0.25, -0.2) is 4.79 Å². The molecule has 2 fully saturated rings. The number of hydrogen-bond acceptors (Lipinski definition) is 3. The molecule has 2 amide bonds. The number of amides is 2. The van der Waals surface area contributed by atoms with E-state index in [1.807, 2.05) is 18.2 Å². The second-order valence-electron chi connectivity index (χ2n) is 8.51. The number of nitrogens with one attached hydrogen (secondary N) is 3. The Labute approximate surface area is 172 Å². The number of hydrogen-bond donors (Lipinski definition) is 4. The zero-order valence-corrected chi connectivity index (χ0v) is 17.2. The lowest BCUT2D eigenvalue weighted by Gasteiger charge is -2.38. The van der Waals surface area contributed by atoms with E-state index in [0.29, 0.717) is 11.7 Å². The van der Waals surface area contributed by atoms with E-state index in [-0.39, 0.29) is 11.6 Å². The van der Waals surface area contributed by atoms with Crippen molar-refractivity contribution in [2.75, 3.05) is 5.32 Å². The lowest BCUT2D eigenvalue weighted by atomic mass is 9.78. The molecule has 2 heterocycles. The van der Waals surface area contributed by atoms with Crippen molar-refractivity contribution in [3.63, 3.8) is 0 Å². The van der Waals surface area contributed by atoms with Crippen molar-refractivity contribution in [2.24, 2.45) is 5.73 Å². The normalized spacial score (nSPS) is 23.6. The number of urea groups is 1. The van der Waals surface area contributed by atoms with Crippen LogP contribution in [0.3, 0.4) is 0 Å². The van der Waals surface area contributed by atoms with Crippen LogP contribution < -0.4 is 21.7 Å². The number of nitrogens with two attached hydrogens (primary N) is 1. The molecular weight excluding hydrogens is 360 g/mol. The first kappa shape index (κ1) is 19.5. The van der Waals surface area contributed by atoms with E-state index in [9.17, 15) is 4.79 Å². The zero-order chi connectivity index (χ0) is 20.6. The summed E-state index contributed by atoms with van der Waals surface area (Å²) in [5.74, 6) is 0. The Bertz CT molecular complexity index is 923. The molecule has 4 rings (SSSR count). The van der Waals surface area contributed by atoms with Gasteiger partial charge in [0.05, 0.1) is 6.04 Å². The van der Waals surface area contributed by atoms with Crippen LogP contribution in [0.4, 0.5) is 10.5 Å². The highest BCUT2D eigenvalue weighted by atomic mass is 16.2. The first-order valence-corrected chi connectivity index (χ1v) is 10.3. The molecule has 0 saturated carbocycles. The third-order valence-electron chi connectivity index (χ3n) is 6.51. The topological polar surface area (TPSA) is 79.2 Å². The predicted octanol–water partition coefficient (Wildman–Crippen LogP) is 4.38. The largest absolute Gasteiger partial charge is 0.376 e. The van der Waals surface area contributed by atoms with Gasteiger partial charge in [0, 0.05) is 28.5 Å². The predicted molar refractivity (Wildman–Crippen MR) is 119 cm³/mol. The summed E-state index contributed by atoms with van der Waals surface area (Å²) in [6, 6.07) is 14.4. The van der Waals surface area contributed by atoms with Gasteiger partial charge in [-0.05, 0) is 68.4 Å². The maximum absolute atomic E-state index is 11.3. The molecule has 0 spiro atoms. The van der Waals surface area contributed by atoms with Crippen LogP contribution in [0.25, 0.3) is 5.70 Å². The van der Waals surface area contributed by atoms with Crippen LogP contribution >= 0.6 is 0 Å². The van der Waals surface area contributed by atoms with Gasteiger partial charge >= 0.3 is 6.03 Å². The molecule has 2 saturated heterocycles. The van der Waals surface area contributed by atoms with Gasteiger partial charge in [0.15, 0.2) is 0 Å². The van der Waals surface area contributed by atoms with E-state index in [4.69, 9.17) is 5.73 Å². The maximum atomic E-state index is 11.3. The van der Waals surface area contributed by atoms with Crippen molar-refractivity contribution in [1.82, 2.24) is 10.6 Å². The van der Waals surface area contributed by atoms with Crippen LogP contribution in [0.5, 0.6) is 0 Å². The Hall–Kier alpha value is -2.79. The lowest BCUT2D eigenvalue weighted by Crippen LogP contribution is -2.48. The van der Waals surface area contributed by atoms with E-state index in [1.165, 1.54) is 29.5 Å². The molecular formula is C24H30N4O. The molecule has 2 bridgehead atoms. The monoisotopic (exact) mass is 390 g/mol. The van der Waals surface area contributed by atoms with Crippen LogP contribution in [0.2, 0.25) is 0 Å². The molecule has 29 heavy (non-hydrogen) atoms. The summed E-state index contributed by atoms with van der Waals surface area (Å²) in [6.07, 6.45) is 4.66. The zero-order valence-electron chi connectivity index (χ0n) is 17.2. The molecule has 2 aliphatic rings. The summed E-state index contributed by atoms with van der Waals surface area (Å²) in [5, 5.41) is 10.3. The van der Waals surface area contributed by atoms with Crippen molar-refractivity contribution in [1.29, 1.82) is 0 Å². The minimum atomic E-state index is -0.551. The molecule has 5 N–H and O–H groups in total. The molecule has 1 unspecified atom stereocenters. The Morgan fingerprint density at radius 3 is 2.41 bits per heavy atom. The van der Waals surface area contributed by atoms with E-state index < -0.39 is 6.03 Å². The van der Waals surface area contributed by atoms with Gasteiger partial charge in [-0.3, -0.25) is 0 Å². The summed E-state index contributed by atoms with van der Waals surface area (Å²) in [7, 11) is 0. The number of aryl methyl sites for hydroxylation is 2. The van der Waals surface area contributed by atoms with E-state index in [1.54, 1.807) is 0 Å². The smallest absolute Gasteiger partial charge is 0.316 e. The summed E-state index contributed by atoms with van der Waals surface area (Å²) in [5.41, 5.74) is 11.7. The van der Waals surface area contributed by atoms with Gasteiger partial charge in [0.2, 0.25) is 0 Å². The van der Waals surface area contributed by atoms with E-state index >= 15 is 0 Å². The summed E-state index contributed by atoms with van der Waals surface area (Å²) < 4.78 is 0. The third-order valence-corrected chi connectivity index (χ3v) is 6.51. The molecule has 2 aromatic carbocycles. The molecule has 0 radical (unpaired) electrons. The summed E-state index contributed by atoms with van der Waals surface area (Å²) in [6.45, 7) is 8.65.